The minimum atomic E-state index is -0.363. The van der Waals surface area contributed by atoms with E-state index in [0.717, 1.165) is 25.3 Å². The molecule has 1 aliphatic heterocycles. The molecule has 0 aromatic rings. The van der Waals surface area contributed by atoms with Gasteiger partial charge in [-0.05, 0) is 32.1 Å². The van der Waals surface area contributed by atoms with Crippen molar-refractivity contribution in [3.05, 3.63) is 0 Å². The fraction of sp³-hybridized carbons (Fsp3) is 1.00. The molecule has 0 aromatic carbocycles. The lowest BCUT2D eigenvalue weighted by molar-refractivity contribution is -0.0335. The van der Waals surface area contributed by atoms with E-state index in [2.05, 4.69) is 11.6 Å². The van der Waals surface area contributed by atoms with Gasteiger partial charge in [0.2, 0.25) is 0 Å². The van der Waals surface area contributed by atoms with Gasteiger partial charge < -0.3 is 10.4 Å². The zero-order valence-electron chi connectivity index (χ0n) is 7.60. The summed E-state index contributed by atoms with van der Waals surface area (Å²) in [6.07, 6.45) is 5.46. The number of hydrogen-bond donors (Lipinski definition) is 2. The topological polar surface area (TPSA) is 32.3 Å². The van der Waals surface area contributed by atoms with Gasteiger partial charge in [0, 0.05) is 17.7 Å². The largest absolute Gasteiger partial charge is 0.388 e. The maximum atomic E-state index is 10.4. The Hall–Kier alpha value is 0.270. The van der Waals surface area contributed by atoms with E-state index >= 15 is 0 Å². The van der Waals surface area contributed by atoms with E-state index in [9.17, 15) is 5.11 Å². The molecule has 1 saturated heterocycles. The fourth-order valence-electron chi connectivity index (χ4n) is 2.31. The highest BCUT2D eigenvalue weighted by atomic mass is 32.2. The van der Waals surface area contributed by atoms with Gasteiger partial charge in [-0.25, -0.2) is 0 Å². The van der Waals surface area contributed by atoms with Crippen LogP contribution in [-0.4, -0.2) is 35.8 Å². The van der Waals surface area contributed by atoms with Crippen LogP contribution in [0.4, 0.5) is 0 Å². The number of thioether (sulfide) groups is 1. The van der Waals surface area contributed by atoms with E-state index in [-0.39, 0.29) is 11.0 Å². The SMILES string of the molecule is CSCC1(O)CCNCC12CC2. The fourth-order valence-corrected chi connectivity index (χ4v) is 3.24. The molecular formula is C9H17NOS. The van der Waals surface area contributed by atoms with Crippen LogP contribution in [0, 0.1) is 5.41 Å². The van der Waals surface area contributed by atoms with Crippen LogP contribution in [0.2, 0.25) is 0 Å². The van der Waals surface area contributed by atoms with Gasteiger partial charge in [0.15, 0.2) is 0 Å². The highest BCUT2D eigenvalue weighted by Gasteiger charge is 2.59. The van der Waals surface area contributed by atoms with E-state index < -0.39 is 0 Å². The molecule has 1 saturated carbocycles. The lowest BCUT2D eigenvalue weighted by Gasteiger charge is -2.40. The Bertz CT molecular complexity index is 177. The smallest absolute Gasteiger partial charge is 0.0817 e. The Labute approximate surface area is 78.1 Å². The molecule has 2 N–H and O–H groups in total. The van der Waals surface area contributed by atoms with E-state index in [1.165, 1.54) is 12.8 Å². The Kier molecular flexibility index (Phi) is 2.13. The first-order valence-corrected chi connectivity index (χ1v) is 6.04. The first-order valence-electron chi connectivity index (χ1n) is 4.65. The summed E-state index contributed by atoms with van der Waals surface area (Å²) in [5.74, 6) is 0.911. The molecule has 1 spiro atoms. The van der Waals surface area contributed by atoms with Crippen LogP contribution < -0.4 is 5.32 Å². The predicted octanol–water partition coefficient (Wildman–Crippen LogP) is 0.854. The molecule has 0 amide bonds. The maximum absolute atomic E-state index is 10.4. The molecule has 0 bridgehead atoms. The van der Waals surface area contributed by atoms with Crippen molar-refractivity contribution in [2.75, 3.05) is 25.1 Å². The molecular weight excluding hydrogens is 170 g/mol. The van der Waals surface area contributed by atoms with E-state index in [1.807, 2.05) is 0 Å². The molecule has 0 aromatic heterocycles. The summed E-state index contributed by atoms with van der Waals surface area (Å²) in [6.45, 7) is 2.02. The average Bonchev–Trinajstić information content (AvgIpc) is 2.79. The molecule has 1 heterocycles. The van der Waals surface area contributed by atoms with Gasteiger partial charge in [0.05, 0.1) is 5.60 Å². The van der Waals surface area contributed by atoms with Crippen LogP contribution >= 0.6 is 11.8 Å². The normalized spacial score (nSPS) is 38.5. The molecule has 2 fully saturated rings. The summed E-state index contributed by atoms with van der Waals surface area (Å²) in [4.78, 5) is 0. The summed E-state index contributed by atoms with van der Waals surface area (Å²) in [5.41, 5.74) is -0.105. The van der Waals surface area contributed by atoms with Gasteiger partial charge in [0.1, 0.15) is 0 Å². The lowest BCUT2D eigenvalue weighted by Crippen LogP contribution is -2.53. The van der Waals surface area contributed by atoms with Crippen LogP contribution in [0.3, 0.4) is 0 Å². The van der Waals surface area contributed by atoms with Gasteiger partial charge in [-0.2, -0.15) is 11.8 Å². The number of hydrogen-bond acceptors (Lipinski definition) is 3. The van der Waals surface area contributed by atoms with Gasteiger partial charge in [0.25, 0.3) is 0 Å². The van der Waals surface area contributed by atoms with Crippen LogP contribution in [0.25, 0.3) is 0 Å². The summed E-state index contributed by atoms with van der Waals surface area (Å²) in [5, 5.41) is 13.8. The molecule has 2 rings (SSSR count). The molecule has 2 nitrogen and oxygen atoms in total. The number of rotatable bonds is 2. The van der Waals surface area contributed by atoms with Crippen molar-refractivity contribution in [1.29, 1.82) is 0 Å². The van der Waals surface area contributed by atoms with Gasteiger partial charge in [-0.3, -0.25) is 0 Å². The standard InChI is InChI=1S/C9H17NOS/c1-12-7-9(11)4-5-10-6-8(9)2-3-8/h10-11H,2-7H2,1H3. The summed E-state index contributed by atoms with van der Waals surface area (Å²) in [6, 6.07) is 0. The van der Waals surface area contributed by atoms with Crippen LogP contribution in [0.1, 0.15) is 19.3 Å². The van der Waals surface area contributed by atoms with E-state index in [1.54, 1.807) is 11.8 Å². The van der Waals surface area contributed by atoms with Crippen LogP contribution in [0.5, 0.6) is 0 Å². The van der Waals surface area contributed by atoms with Gasteiger partial charge in [-0.15, -0.1) is 0 Å². The predicted molar refractivity (Wildman–Crippen MR) is 52.5 cm³/mol. The quantitative estimate of drug-likeness (QED) is 0.672. The zero-order chi connectivity index (χ0) is 8.66. The van der Waals surface area contributed by atoms with Crippen molar-refractivity contribution in [1.82, 2.24) is 5.32 Å². The van der Waals surface area contributed by atoms with Crippen molar-refractivity contribution in [3.63, 3.8) is 0 Å². The molecule has 1 unspecified atom stereocenters. The highest BCUT2D eigenvalue weighted by molar-refractivity contribution is 7.98. The molecule has 0 radical (unpaired) electrons. The first kappa shape index (κ1) is 8.85. The average molecular weight is 187 g/mol. The lowest BCUT2D eigenvalue weighted by atomic mass is 9.80. The molecule has 3 heteroatoms. The van der Waals surface area contributed by atoms with Crippen LogP contribution in [-0.2, 0) is 0 Å². The van der Waals surface area contributed by atoms with Crippen LogP contribution in [0.15, 0.2) is 0 Å². The second-order valence-corrected chi connectivity index (χ2v) is 5.04. The summed E-state index contributed by atoms with van der Waals surface area (Å²) in [7, 11) is 0. The van der Waals surface area contributed by atoms with Crippen molar-refractivity contribution >= 4 is 11.8 Å². The Balaban J connectivity index is 2.09. The Morgan fingerprint density at radius 2 is 2.17 bits per heavy atom. The second kappa shape index (κ2) is 2.89. The zero-order valence-corrected chi connectivity index (χ0v) is 8.41. The van der Waals surface area contributed by atoms with Crippen molar-refractivity contribution < 1.29 is 5.11 Å². The maximum Gasteiger partial charge on any atom is 0.0817 e. The third-order valence-electron chi connectivity index (χ3n) is 3.40. The monoisotopic (exact) mass is 187 g/mol. The first-order chi connectivity index (χ1) is 5.72. The van der Waals surface area contributed by atoms with E-state index in [4.69, 9.17) is 0 Å². The molecule has 12 heavy (non-hydrogen) atoms. The summed E-state index contributed by atoms with van der Waals surface area (Å²) >= 11 is 1.77. The third-order valence-corrected chi connectivity index (χ3v) is 4.17. The second-order valence-electron chi connectivity index (χ2n) is 4.17. The molecule has 70 valence electrons. The number of piperidine rings is 1. The Morgan fingerprint density at radius 1 is 1.42 bits per heavy atom. The molecule has 1 aliphatic carbocycles. The van der Waals surface area contributed by atoms with E-state index in [0.29, 0.717) is 0 Å². The minimum absolute atomic E-state index is 0.258. The van der Waals surface area contributed by atoms with Gasteiger partial charge in [-0.1, -0.05) is 0 Å². The Morgan fingerprint density at radius 3 is 2.75 bits per heavy atom. The number of nitrogens with one attached hydrogen (secondary N) is 1. The molecule has 2 aliphatic rings. The summed E-state index contributed by atoms with van der Waals surface area (Å²) < 4.78 is 0. The van der Waals surface area contributed by atoms with Crippen molar-refractivity contribution in [3.8, 4) is 0 Å². The van der Waals surface area contributed by atoms with Gasteiger partial charge >= 0.3 is 0 Å². The highest BCUT2D eigenvalue weighted by Crippen LogP contribution is 2.56. The van der Waals surface area contributed by atoms with Crippen molar-refractivity contribution in [2.24, 2.45) is 5.41 Å². The number of aliphatic hydroxyl groups is 1. The minimum Gasteiger partial charge on any atom is -0.388 e. The van der Waals surface area contributed by atoms with Crippen molar-refractivity contribution in [2.45, 2.75) is 24.9 Å². The molecule has 1 atom stereocenters. The third kappa shape index (κ3) is 1.19.